The number of amides is 1. The van der Waals surface area contributed by atoms with Crippen LogP contribution in [0.2, 0.25) is 5.02 Å². The van der Waals surface area contributed by atoms with Gasteiger partial charge in [-0.05, 0) is 50.1 Å². The van der Waals surface area contributed by atoms with Crippen molar-refractivity contribution in [3.8, 4) is 0 Å². The second-order valence-electron chi connectivity index (χ2n) is 5.37. The molecule has 0 aliphatic carbocycles. The van der Waals surface area contributed by atoms with Crippen molar-refractivity contribution in [1.29, 1.82) is 0 Å². The fraction of sp³-hybridized carbons (Fsp3) is 0.294. The minimum absolute atomic E-state index is 0.168. The molecule has 22 heavy (non-hydrogen) atoms. The lowest BCUT2D eigenvalue weighted by atomic mass is 10.1. The van der Waals surface area contributed by atoms with Crippen LogP contribution in [0.5, 0.6) is 0 Å². The molecule has 1 aromatic carbocycles. The Hall–Kier alpha value is -2.07. The van der Waals surface area contributed by atoms with Crippen LogP contribution in [0.15, 0.2) is 42.6 Å². The van der Waals surface area contributed by atoms with Gasteiger partial charge in [0.1, 0.15) is 5.69 Å². The van der Waals surface area contributed by atoms with Gasteiger partial charge in [-0.1, -0.05) is 23.7 Å². The number of hydrogen-bond acceptors (Lipinski definition) is 3. The van der Waals surface area contributed by atoms with Gasteiger partial charge in [0.15, 0.2) is 0 Å². The fourth-order valence-corrected chi connectivity index (χ4v) is 2.26. The minimum Gasteiger partial charge on any atom is -0.382 e. The molecule has 2 N–H and O–H groups in total. The third-order valence-corrected chi connectivity index (χ3v) is 3.27. The average molecular weight is 318 g/mol. The number of carbonyl (C=O) groups excluding carboxylic acids is 1. The SMILES string of the molecule is CC(C)Nc1ccc(C(=O)NCCc2cccc(Cl)c2)nc1. The number of carbonyl (C=O) groups is 1. The molecule has 1 aromatic heterocycles. The summed E-state index contributed by atoms with van der Waals surface area (Å²) >= 11 is 5.93. The lowest BCUT2D eigenvalue weighted by Crippen LogP contribution is -2.26. The molecule has 0 fully saturated rings. The summed E-state index contributed by atoms with van der Waals surface area (Å²) in [5.74, 6) is -0.168. The highest BCUT2D eigenvalue weighted by molar-refractivity contribution is 6.30. The molecule has 1 heterocycles. The normalized spacial score (nSPS) is 10.5. The number of aromatic nitrogens is 1. The lowest BCUT2D eigenvalue weighted by molar-refractivity contribution is 0.0949. The van der Waals surface area contributed by atoms with E-state index in [1.165, 1.54) is 0 Å². The summed E-state index contributed by atoms with van der Waals surface area (Å²) < 4.78 is 0. The Kier molecular flexibility index (Phi) is 5.78. The van der Waals surface area contributed by atoms with E-state index in [0.717, 1.165) is 17.7 Å². The molecule has 1 amide bonds. The van der Waals surface area contributed by atoms with Crippen LogP contribution in [-0.2, 0) is 6.42 Å². The van der Waals surface area contributed by atoms with Crippen molar-refractivity contribution in [2.45, 2.75) is 26.3 Å². The number of hydrogen-bond donors (Lipinski definition) is 2. The van der Waals surface area contributed by atoms with Crippen molar-refractivity contribution >= 4 is 23.2 Å². The third-order valence-electron chi connectivity index (χ3n) is 3.04. The Bertz CT molecular complexity index is 626. The maximum Gasteiger partial charge on any atom is 0.269 e. The van der Waals surface area contributed by atoms with Crippen molar-refractivity contribution in [2.24, 2.45) is 0 Å². The van der Waals surface area contributed by atoms with E-state index in [1.54, 1.807) is 12.3 Å². The van der Waals surface area contributed by atoms with E-state index in [9.17, 15) is 4.79 Å². The number of anilines is 1. The molecule has 0 atom stereocenters. The van der Waals surface area contributed by atoms with Gasteiger partial charge in [0, 0.05) is 17.6 Å². The van der Waals surface area contributed by atoms with Gasteiger partial charge in [0.05, 0.1) is 11.9 Å². The van der Waals surface area contributed by atoms with Gasteiger partial charge >= 0.3 is 0 Å². The monoisotopic (exact) mass is 317 g/mol. The Labute approximate surface area is 135 Å². The Balaban J connectivity index is 1.84. The molecule has 0 saturated carbocycles. The maximum atomic E-state index is 12.0. The van der Waals surface area contributed by atoms with Crippen molar-refractivity contribution in [3.05, 3.63) is 58.9 Å². The molecular formula is C17H20ClN3O. The molecule has 0 radical (unpaired) electrons. The molecule has 0 spiro atoms. The van der Waals surface area contributed by atoms with Crippen LogP contribution >= 0.6 is 11.6 Å². The van der Waals surface area contributed by atoms with E-state index in [-0.39, 0.29) is 5.91 Å². The second kappa shape index (κ2) is 7.80. The van der Waals surface area contributed by atoms with Crippen LogP contribution in [0.4, 0.5) is 5.69 Å². The maximum absolute atomic E-state index is 12.0. The molecule has 0 saturated heterocycles. The highest BCUT2D eigenvalue weighted by atomic mass is 35.5. The number of benzene rings is 1. The molecule has 4 nitrogen and oxygen atoms in total. The van der Waals surface area contributed by atoms with Gasteiger partial charge < -0.3 is 10.6 Å². The molecule has 5 heteroatoms. The fourth-order valence-electron chi connectivity index (χ4n) is 2.05. The summed E-state index contributed by atoms with van der Waals surface area (Å²) in [5, 5.41) is 6.80. The minimum atomic E-state index is -0.168. The van der Waals surface area contributed by atoms with Crippen molar-refractivity contribution < 1.29 is 4.79 Å². The Morgan fingerprint density at radius 3 is 2.73 bits per heavy atom. The van der Waals surface area contributed by atoms with Crippen LogP contribution in [0.1, 0.15) is 29.9 Å². The van der Waals surface area contributed by atoms with Crippen molar-refractivity contribution in [2.75, 3.05) is 11.9 Å². The molecule has 0 bridgehead atoms. The van der Waals surface area contributed by atoms with E-state index >= 15 is 0 Å². The summed E-state index contributed by atoms with van der Waals surface area (Å²) in [7, 11) is 0. The van der Waals surface area contributed by atoms with Crippen LogP contribution in [0.25, 0.3) is 0 Å². The molecule has 0 unspecified atom stereocenters. The molecule has 0 aliphatic rings. The predicted molar refractivity (Wildman–Crippen MR) is 90.5 cm³/mol. The zero-order valence-corrected chi connectivity index (χ0v) is 13.5. The summed E-state index contributed by atoms with van der Waals surface area (Å²) in [5.41, 5.74) is 2.42. The Morgan fingerprint density at radius 2 is 2.09 bits per heavy atom. The summed E-state index contributed by atoms with van der Waals surface area (Å²) in [4.78, 5) is 16.2. The van der Waals surface area contributed by atoms with Gasteiger partial charge in [-0.3, -0.25) is 4.79 Å². The molecule has 116 valence electrons. The van der Waals surface area contributed by atoms with Crippen LogP contribution in [0.3, 0.4) is 0 Å². The van der Waals surface area contributed by atoms with Gasteiger partial charge in [0.2, 0.25) is 0 Å². The van der Waals surface area contributed by atoms with Crippen molar-refractivity contribution in [1.82, 2.24) is 10.3 Å². The summed E-state index contributed by atoms with van der Waals surface area (Å²) in [6, 6.07) is 11.5. The number of rotatable bonds is 6. The first kappa shape index (κ1) is 16.3. The summed E-state index contributed by atoms with van der Waals surface area (Å²) in [6.45, 7) is 4.65. The van der Waals surface area contributed by atoms with Gasteiger partial charge in [-0.15, -0.1) is 0 Å². The van der Waals surface area contributed by atoms with E-state index < -0.39 is 0 Å². The first-order valence-electron chi connectivity index (χ1n) is 7.30. The molecule has 0 aliphatic heterocycles. The largest absolute Gasteiger partial charge is 0.382 e. The molecule has 2 aromatic rings. The Morgan fingerprint density at radius 1 is 1.27 bits per heavy atom. The quantitative estimate of drug-likeness (QED) is 0.857. The third kappa shape index (κ3) is 5.04. The number of nitrogens with zero attached hydrogens (tertiary/aromatic N) is 1. The zero-order chi connectivity index (χ0) is 15.9. The van der Waals surface area contributed by atoms with Crippen LogP contribution < -0.4 is 10.6 Å². The van der Waals surface area contributed by atoms with Crippen molar-refractivity contribution in [3.63, 3.8) is 0 Å². The molecule has 2 rings (SSSR count). The van der Waals surface area contributed by atoms with Gasteiger partial charge in [-0.25, -0.2) is 4.98 Å². The van der Waals surface area contributed by atoms with E-state index in [1.807, 2.05) is 30.3 Å². The summed E-state index contributed by atoms with van der Waals surface area (Å²) in [6.07, 6.45) is 2.41. The van der Waals surface area contributed by atoms with Gasteiger partial charge in [0.25, 0.3) is 5.91 Å². The number of pyridine rings is 1. The standard InChI is InChI=1S/C17H20ClN3O/c1-12(2)21-15-6-7-16(20-11-15)17(22)19-9-8-13-4-3-5-14(18)10-13/h3-7,10-12,21H,8-9H2,1-2H3,(H,19,22). The van der Waals surface area contributed by atoms with Crippen LogP contribution in [0, 0.1) is 0 Å². The number of halogens is 1. The van der Waals surface area contributed by atoms with E-state index in [2.05, 4.69) is 29.5 Å². The second-order valence-corrected chi connectivity index (χ2v) is 5.80. The predicted octanol–water partition coefficient (Wildman–Crippen LogP) is 3.53. The smallest absolute Gasteiger partial charge is 0.269 e. The number of nitrogens with one attached hydrogen (secondary N) is 2. The van der Waals surface area contributed by atoms with Crippen LogP contribution in [-0.4, -0.2) is 23.5 Å². The van der Waals surface area contributed by atoms with E-state index in [0.29, 0.717) is 23.3 Å². The first-order valence-corrected chi connectivity index (χ1v) is 7.67. The molecular weight excluding hydrogens is 298 g/mol. The first-order chi connectivity index (χ1) is 10.5. The van der Waals surface area contributed by atoms with Gasteiger partial charge in [-0.2, -0.15) is 0 Å². The van der Waals surface area contributed by atoms with E-state index in [4.69, 9.17) is 11.6 Å². The highest BCUT2D eigenvalue weighted by Crippen LogP contribution is 2.11. The lowest BCUT2D eigenvalue weighted by Gasteiger charge is -2.10. The topological polar surface area (TPSA) is 54.0 Å². The zero-order valence-electron chi connectivity index (χ0n) is 12.8. The average Bonchev–Trinajstić information content (AvgIpc) is 2.47. The highest BCUT2D eigenvalue weighted by Gasteiger charge is 2.07.